The van der Waals surface area contributed by atoms with Crippen molar-refractivity contribution in [3.05, 3.63) is 39.9 Å². The number of nitrogens with zero attached hydrogens (tertiary/aromatic N) is 2. The van der Waals surface area contributed by atoms with Crippen molar-refractivity contribution >= 4 is 17.6 Å². The van der Waals surface area contributed by atoms with Crippen LogP contribution in [0.25, 0.3) is 0 Å². The van der Waals surface area contributed by atoms with Gasteiger partial charge in [0.05, 0.1) is 4.92 Å². The summed E-state index contributed by atoms with van der Waals surface area (Å²) < 4.78 is 0. The number of amides is 1. The number of hydrogen-bond donors (Lipinski definition) is 1. The van der Waals surface area contributed by atoms with Crippen LogP contribution in [-0.4, -0.2) is 32.8 Å². The Balaban J connectivity index is 2.13. The first-order valence-electron chi connectivity index (χ1n) is 5.74. The molecule has 1 amide bonds. The molecule has 0 aliphatic carbocycles. The van der Waals surface area contributed by atoms with Gasteiger partial charge in [0.15, 0.2) is 0 Å². The van der Waals surface area contributed by atoms with Gasteiger partial charge >= 0.3 is 5.97 Å². The van der Waals surface area contributed by atoms with Gasteiger partial charge in [-0.05, 0) is 12.0 Å². The Morgan fingerprint density at radius 3 is 2.58 bits per heavy atom. The third kappa shape index (κ3) is 2.70. The van der Waals surface area contributed by atoms with E-state index in [1.54, 1.807) is 0 Å². The number of likely N-dealkylation sites (tertiary alicyclic amines) is 1. The second-order valence-electron chi connectivity index (χ2n) is 4.34. The minimum atomic E-state index is -1.02. The van der Waals surface area contributed by atoms with Crippen molar-refractivity contribution in [2.45, 2.75) is 25.4 Å². The van der Waals surface area contributed by atoms with Crippen LogP contribution in [-0.2, 0) is 16.1 Å². The molecule has 1 atom stereocenters. The molecule has 0 spiro atoms. The molecule has 1 heterocycles. The van der Waals surface area contributed by atoms with E-state index in [1.165, 1.54) is 29.2 Å². The van der Waals surface area contributed by atoms with Gasteiger partial charge in [-0.25, -0.2) is 4.79 Å². The summed E-state index contributed by atoms with van der Waals surface area (Å²) in [6.45, 7) is 0.161. The minimum absolute atomic E-state index is 0.0358. The highest BCUT2D eigenvalue weighted by atomic mass is 16.6. The Morgan fingerprint density at radius 1 is 1.42 bits per heavy atom. The number of nitro benzene ring substituents is 1. The van der Waals surface area contributed by atoms with Crippen LogP contribution in [0.15, 0.2) is 24.3 Å². The Kier molecular flexibility index (Phi) is 3.46. The molecular weight excluding hydrogens is 252 g/mol. The SMILES string of the molecule is O=C(O)[C@@H]1CCC(=O)N1Cc1ccc([N+](=O)[O-])cc1. The summed E-state index contributed by atoms with van der Waals surface area (Å²) >= 11 is 0. The smallest absolute Gasteiger partial charge is 0.326 e. The zero-order chi connectivity index (χ0) is 14.0. The summed E-state index contributed by atoms with van der Waals surface area (Å²) in [6, 6.07) is 4.94. The lowest BCUT2D eigenvalue weighted by molar-refractivity contribution is -0.384. The molecule has 2 rings (SSSR count). The van der Waals surface area contributed by atoms with Crippen LogP contribution in [0.1, 0.15) is 18.4 Å². The van der Waals surface area contributed by atoms with Gasteiger partial charge in [0, 0.05) is 25.1 Å². The molecule has 0 aromatic heterocycles. The molecule has 1 aromatic rings. The number of benzene rings is 1. The van der Waals surface area contributed by atoms with Crippen LogP contribution < -0.4 is 0 Å². The van der Waals surface area contributed by atoms with Gasteiger partial charge in [-0.3, -0.25) is 14.9 Å². The van der Waals surface area contributed by atoms with Gasteiger partial charge in [0.25, 0.3) is 5.69 Å². The second-order valence-corrected chi connectivity index (χ2v) is 4.34. The highest BCUT2D eigenvalue weighted by Crippen LogP contribution is 2.22. The van der Waals surface area contributed by atoms with E-state index in [1.807, 2.05) is 0 Å². The molecule has 19 heavy (non-hydrogen) atoms. The number of hydrogen-bond acceptors (Lipinski definition) is 4. The third-order valence-corrected chi connectivity index (χ3v) is 3.11. The standard InChI is InChI=1S/C12H12N2O5/c15-11-6-5-10(12(16)17)13(11)7-8-1-3-9(4-2-8)14(18)19/h1-4,10H,5-7H2,(H,16,17)/t10-/m0/s1. The highest BCUT2D eigenvalue weighted by Gasteiger charge is 2.35. The fraction of sp³-hybridized carbons (Fsp3) is 0.333. The van der Waals surface area contributed by atoms with E-state index < -0.39 is 16.9 Å². The predicted octanol–water partition coefficient (Wildman–Crippen LogP) is 1.17. The summed E-state index contributed by atoms with van der Waals surface area (Å²) in [7, 11) is 0. The Labute approximate surface area is 108 Å². The number of carboxylic acid groups (broad SMARTS) is 1. The number of rotatable bonds is 4. The van der Waals surface area contributed by atoms with Crippen molar-refractivity contribution in [1.82, 2.24) is 4.90 Å². The van der Waals surface area contributed by atoms with Gasteiger partial charge in [-0.1, -0.05) is 12.1 Å². The number of nitro groups is 1. The molecule has 1 aromatic carbocycles. The molecule has 7 heteroatoms. The molecule has 0 saturated carbocycles. The predicted molar refractivity (Wildman–Crippen MR) is 64.3 cm³/mol. The molecule has 0 bridgehead atoms. The summed E-state index contributed by atoms with van der Waals surface area (Å²) in [5, 5.41) is 19.5. The molecular formula is C12H12N2O5. The van der Waals surface area contributed by atoms with Crippen LogP contribution in [0.3, 0.4) is 0 Å². The molecule has 100 valence electrons. The van der Waals surface area contributed by atoms with Crippen molar-refractivity contribution in [2.24, 2.45) is 0 Å². The molecule has 1 aliphatic heterocycles. The number of carbonyl (C=O) groups is 2. The van der Waals surface area contributed by atoms with E-state index in [-0.39, 0.29) is 24.6 Å². The normalized spacial score (nSPS) is 18.6. The fourth-order valence-corrected chi connectivity index (χ4v) is 2.11. The van der Waals surface area contributed by atoms with E-state index in [2.05, 4.69) is 0 Å². The molecule has 0 radical (unpaired) electrons. The van der Waals surface area contributed by atoms with Crippen LogP contribution in [0, 0.1) is 10.1 Å². The molecule has 1 fully saturated rings. The zero-order valence-corrected chi connectivity index (χ0v) is 9.98. The maximum atomic E-state index is 11.6. The molecule has 1 N–H and O–H groups in total. The number of carboxylic acids is 1. The highest BCUT2D eigenvalue weighted by molar-refractivity contribution is 5.87. The first kappa shape index (κ1) is 13.0. The molecule has 0 unspecified atom stereocenters. The monoisotopic (exact) mass is 264 g/mol. The van der Waals surface area contributed by atoms with Gasteiger partial charge in [-0.15, -0.1) is 0 Å². The lowest BCUT2D eigenvalue weighted by Gasteiger charge is -2.21. The molecule has 7 nitrogen and oxygen atoms in total. The van der Waals surface area contributed by atoms with E-state index in [0.29, 0.717) is 12.0 Å². The average Bonchev–Trinajstić information content (AvgIpc) is 2.72. The molecule has 1 saturated heterocycles. The van der Waals surface area contributed by atoms with E-state index in [9.17, 15) is 19.7 Å². The first-order valence-corrected chi connectivity index (χ1v) is 5.74. The van der Waals surface area contributed by atoms with Crippen molar-refractivity contribution < 1.29 is 19.6 Å². The van der Waals surface area contributed by atoms with Crippen molar-refractivity contribution in [3.63, 3.8) is 0 Å². The van der Waals surface area contributed by atoms with Crippen molar-refractivity contribution in [1.29, 1.82) is 0 Å². The first-order chi connectivity index (χ1) is 8.99. The zero-order valence-electron chi connectivity index (χ0n) is 9.98. The number of carbonyl (C=O) groups excluding carboxylic acids is 1. The van der Waals surface area contributed by atoms with Gasteiger partial charge in [0.2, 0.25) is 5.91 Å². The van der Waals surface area contributed by atoms with Crippen molar-refractivity contribution in [2.75, 3.05) is 0 Å². The second kappa shape index (κ2) is 5.05. The van der Waals surface area contributed by atoms with Crippen LogP contribution >= 0.6 is 0 Å². The largest absolute Gasteiger partial charge is 0.480 e. The van der Waals surface area contributed by atoms with Crippen LogP contribution in [0.2, 0.25) is 0 Å². The third-order valence-electron chi connectivity index (χ3n) is 3.11. The topological polar surface area (TPSA) is 101 Å². The van der Waals surface area contributed by atoms with Gasteiger partial charge in [-0.2, -0.15) is 0 Å². The molecule has 1 aliphatic rings. The lowest BCUT2D eigenvalue weighted by atomic mass is 10.1. The number of non-ortho nitro benzene ring substituents is 1. The average molecular weight is 264 g/mol. The summed E-state index contributed by atoms with van der Waals surface area (Å²) in [6.07, 6.45) is 0.533. The lowest BCUT2D eigenvalue weighted by Crippen LogP contribution is -2.37. The maximum Gasteiger partial charge on any atom is 0.326 e. The Bertz CT molecular complexity index is 525. The number of aliphatic carboxylic acids is 1. The van der Waals surface area contributed by atoms with Gasteiger partial charge < -0.3 is 10.0 Å². The fourth-order valence-electron chi connectivity index (χ4n) is 2.11. The Morgan fingerprint density at radius 2 is 2.05 bits per heavy atom. The van der Waals surface area contributed by atoms with Crippen molar-refractivity contribution in [3.8, 4) is 0 Å². The maximum absolute atomic E-state index is 11.6. The summed E-state index contributed by atoms with van der Waals surface area (Å²) in [4.78, 5) is 33.9. The van der Waals surface area contributed by atoms with Crippen LogP contribution in [0.5, 0.6) is 0 Å². The Hall–Kier alpha value is -2.44. The van der Waals surface area contributed by atoms with E-state index >= 15 is 0 Å². The summed E-state index contributed by atoms with van der Waals surface area (Å²) in [5.74, 6) is -1.22. The van der Waals surface area contributed by atoms with Crippen LogP contribution in [0.4, 0.5) is 5.69 Å². The van der Waals surface area contributed by atoms with E-state index in [0.717, 1.165) is 0 Å². The summed E-state index contributed by atoms with van der Waals surface area (Å²) in [5.41, 5.74) is 0.637. The quantitative estimate of drug-likeness (QED) is 0.649. The van der Waals surface area contributed by atoms with Gasteiger partial charge in [0.1, 0.15) is 6.04 Å². The van der Waals surface area contributed by atoms with E-state index in [4.69, 9.17) is 5.11 Å². The minimum Gasteiger partial charge on any atom is -0.480 e.